The van der Waals surface area contributed by atoms with E-state index in [0.29, 0.717) is 6.07 Å². The standard InChI is InChI=1S/C14H10F4O3/c1-6(19)10(13(20)21-2)11-7-3-4-9(15)12(16)8(7)5-14(11,17)18/h3-4H,5H2,1-2H3. The maximum absolute atomic E-state index is 14.1. The van der Waals surface area contributed by atoms with Crippen LogP contribution >= 0.6 is 0 Å². The number of Topliss-reactive ketones (excluding diaryl/α,β-unsaturated/α-hetero) is 1. The summed E-state index contributed by atoms with van der Waals surface area (Å²) in [6.45, 7) is 0.924. The molecule has 1 aliphatic rings. The van der Waals surface area contributed by atoms with Crippen LogP contribution in [0.15, 0.2) is 17.7 Å². The van der Waals surface area contributed by atoms with E-state index in [-0.39, 0.29) is 5.56 Å². The molecule has 1 aliphatic carbocycles. The molecule has 0 atom stereocenters. The molecule has 0 spiro atoms. The second-order valence-electron chi connectivity index (χ2n) is 4.57. The lowest BCUT2D eigenvalue weighted by Crippen LogP contribution is -2.22. The van der Waals surface area contributed by atoms with Crippen LogP contribution in [0.25, 0.3) is 5.57 Å². The first kappa shape index (κ1) is 15.2. The number of ether oxygens (including phenoxy) is 1. The molecule has 112 valence electrons. The number of allylic oxidation sites excluding steroid dienone is 1. The molecule has 0 aliphatic heterocycles. The van der Waals surface area contributed by atoms with Gasteiger partial charge in [0.1, 0.15) is 5.57 Å². The summed E-state index contributed by atoms with van der Waals surface area (Å²) in [6, 6.07) is 1.60. The van der Waals surface area contributed by atoms with Gasteiger partial charge < -0.3 is 4.74 Å². The minimum atomic E-state index is -3.66. The molecule has 0 saturated carbocycles. The van der Waals surface area contributed by atoms with Crippen molar-refractivity contribution in [2.45, 2.75) is 19.3 Å². The summed E-state index contributed by atoms with van der Waals surface area (Å²) in [5, 5.41) is 0. The van der Waals surface area contributed by atoms with Gasteiger partial charge in [-0.2, -0.15) is 0 Å². The summed E-state index contributed by atoms with van der Waals surface area (Å²) in [6.07, 6.45) is -1.12. The predicted octanol–water partition coefficient (Wildman–Crippen LogP) is 2.67. The molecule has 0 heterocycles. The number of rotatable bonds is 2. The largest absolute Gasteiger partial charge is 0.465 e. The Morgan fingerprint density at radius 2 is 1.86 bits per heavy atom. The summed E-state index contributed by atoms with van der Waals surface area (Å²) in [5.74, 6) is -8.52. The van der Waals surface area contributed by atoms with Gasteiger partial charge in [-0.3, -0.25) is 4.79 Å². The van der Waals surface area contributed by atoms with Gasteiger partial charge in [-0.1, -0.05) is 6.07 Å². The Kier molecular flexibility index (Phi) is 3.61. The third kappa shape index (κ3) is 2.32. The van der Waals surface area contributed by atoms with Crippen molar-refractivity contribution in [1.29, 1.82) is 0 Å². The molecule has 0 aromatic heterocycles. The molecule has 2 rings (SSSR count). The fraction of sp³-hybridized carbons (Fsp3) is 0.286. The van der Waals surface area contributed by atoms with Crippen LogP contribution in [0.2, 0.25) is 0 Å². The Morgan fingerprint density at radius 1 is 1.24 bits per heavy atom. The minimum Gasteiger partial charge on any atom is -0.465 e. The first-order chi connectivity index (χ1) is 9.70. The molecule has 0 amide bonds. The first-order valence-corrected chi connectivity index (χ1v) is 5.89. The Bertz CT molecular complexity index is 677. The number of hydrogen-bond acceptors (Lipinski definition) is 3. The molecular weight excluding hydrogens is 292 g/mol. The van der Waals surface area contributed by atoms with Gasteiger partial charge in [0, 0.05) is 17.6 Å². The SMILES string of the molecule is COC(=O)C(C(C)=O)=C1c2ccc(F)c(F)c2CC1(F)F. The topological polar surface area (TPSA) is 43.4 Å². The van der Waals surface area contributed by atoms with Crippen LogP contribution in [0, 0.1) is 11.6 Å². The predicted molar refractivity (Wildman–Crippen MR) is 64.6 cm³/mol. The lowest BCUT2D eigenvalue weighted by atomic mass is 9.97. The molecule has 1 aromatic carbocycles. The number of benzene rings is 1. The average Bonchev–Trinajstić information content (AvgIpc) is 2.66. The van der Waals surface area contributed by atoms with Crippen molar-refractivity contribution in [3.63, 3.8) is 0 Å². The number of esters is 1. The number of hydrogen-bond donors (Lipinski definition) is 0. The van der Waals surface area contributed by atoms with Crippen molar-refractivity contribution in [3.05, 3.63) is 40.5 Å². The molecule has 3 nitrogen and oxygen atoms in total. The minimum absolute atomic E-state index is 0.352. The number of carbonyl (C=O) groups is 2. The zero-order chi connectivity index (χ0) is 15.9. The van der Waals surface area contributed by atoms with Gasteiger partial charge in [-0.25, -0.2) is 22.4 Å². The van der Waals surface area contributed by atoms with Crippen LogP contribution in [-0.4, -0.2) is 24.8 Å². The molecule has 0 unspecified atom stereocenters. The molecule has 1 aromatic rings. The summed E-state index contributed by atoms with van der Waals surface area (Å²) in [5.41, 5.74) is -2.69. The highest BCUT2D eigenvalue weighted by molar-refractivity contribution is 6.23. The first-order valence-electron chi connectivity index (χ1n) is 5.89. The number of methoxy groups -OCH3 is 1. The summed E-state index contributed by atoms with van der Waals surface area (Å²) in [4.78, 5) is 23.1. The zero-order valence-corrected chi connectivity index (χ0v) is 11.1. The molecule has 0 bridgehead atoms. The highest BCUT2D eigenvalue weighted by atomic mass is 19.3. The molecular formula is C14H10F4O3. The van der Waals surface area contributed by atoms with E-state index in [4.69, 9.17) is 0 Å². The van der Waals surface area contributed by atoms with Crippen molar-refractivity contribution >= 4 is 17.3 Å². The van der Waals surface area contributed by atoms with Crippen molar-refractivity contribution in [2.24, 2.45) is 0 Å². The monoisotopic (exact) mass is 302 g/mol. The van der Waals surface area contributed by atoms with E-state index in [1.165, 1.54) is 0 Å². The van der Waals surface area contributed by atoms with Crippen LogP contribution in [0.3, 0.4) is 0 Å². The van der Waals surface area contributed by atoms with Gasteiger partial charge in [0.2, 0.25) is 0 Å². The fourth-order valence-corrected chi connectivity index (χ4v) is 2.35. The average molecular weight is 302 g/mol. The molecule has 7 heteroatoms. The normalized spacial score (nSPS) is 18.2. The van der Waals surface area contributed by atoms with Crippen molar-refractivity contribution < 1.29 is 31.9 Å². The molecule has 0 fully saturated rings. The van der Waals surface area contributed by atoms with Crippen molar-refractivity contribution in [2.75, 3.05) is 7.11 Å². The highest BCUT2D eigenvalue weighted by Crippen LogP contribution is 2.47. The Hall–Kier alpha value is -2.18. The van der Waals surface area contributed by atoms with E-state index in [1.54, 1.807) is 0 Å². The smallest absolute Gasteiger partial charge is 0.342 e. The van der Waals surface area contributed by atoms with E-state index in [1.807, 2.05) is 0 Å². The number of fused-ring (bicyclic) bond motifs is 1. The second-order valence-corrected chi connectivity index (χ2v) is 4.57. The van der Waals surface area contributed by atoms with Gasteiger partial charge in [0.25, 0.3) is 5.92 Å². The number of carbonyl (C=O) groups excluding carboxylic acids is 2. The van der Waals surface area contributed by atoms with Gasteiger partial charge in [-0.15, -0.1) is 0 Å². The van der Waals surface area contributed by atoms with Crippen LogP contribution < -0.4 is 0 Å². The van der Waals surface area contributed by atoms with E-state index in [9.17, 15) is 27.2 Å². The summed E-state index contributed by atoms with van der Waals surface area (Å²) < 4.78 is 59.3. The lowest BCUT2D eigenvalue weighted by molar-refractivity contribution is -0.137. The van der Waals surface area contributed by atoms with Crippen LogP contribution in [0.5, 0.6) is 0 Å². The van der Waals surface area contributed by atoms with Gasteiger partial charge >= 0.3 is 5.97 Å². The maximum Gasteiger partial charge on any atom is 0.342 e. The Labute approximate surface area is 117 Å². The van der Waals surface area contributed by atoms with E-state index >= 15 is 0 Å². The quantitative estimate of drug-likeness (QED) is 0.277. The summed E-state index contributed by atoms with van der Waals surface area (Å²) in [7, 11) is 0.936. The third-order valence-corrected chi connectivity index (χ3v) is 3.22. The van der Waals surface area contributed by atoms with Crippen molar-refractivity contribution in [3.8, 4) is 0 Å². The van der Waals surface area contributed by atoms with Crippen LogP contribution in [-0.2, 0) is 20.7 Å². The molecule has 0 radical (unpaired) electrons. The van der Waals surface area contributed by atoms with Crippen LogP contribution in [0.4, 0.5) is 17.6 Å². The van der Waals surface area contributed by atoms with E-state index < -0.39 is 52.4 Å². The lowest BCUT2D eigenvalue weighted by Gasteiger charge is -2.14. The van der Waals surface area contributed by atoms with Gasteiger partial charge in [0.05, 0.1) is 7.11 Å². The maximum atomic E-state index is 14.1. The number of halogens is 4. The van der Waals surface area contributed by atoms with Crippen molar-refractivity contribution in [1.82, 2.24) is 0 Å². The zero-order valence-electron chi connectivity index (χ0n) is 11.1. The fourth-order valence-electron chi connectivity index (χ4n) is 2.35. The molecule has 0 saturated heterocycles. The number of ketones is 1. The third-order valence-electron chi connectivity index (χ3n) is 3.22. The molecule has 21 heavy (non-hydrogen) atoms. The second kappa shape index (κ2) is 4.98. The van der Waals surface area contributed by atoms with Gasteiger partial charge in [-0.05, 0) is 18.6 Å². The summed E-state index contributed by atoms with van der Waals surface area (Å²) >= 11 is 0. The highest BCUT2D eigenvalue weighted by Gasteiger charge is 2.48. The number of alkyl halides is 2. The molecule has 0 N–H and O–H groups in total. The Morgan fingerprint density at radius 3 is 2.38 bits per heavy atom. The van der Waals surface area contributed by atoms with E-state index in [2.05, 4.69) is 4.74 Å². The van der Waals surface area contributed by atoms with Crippen LogP contribution in [0.1, 0.15) is 18.1 Å². The van der Waals surface area contributed by atoms with E-state index in [0.717, 1.165) is 20.1 Å². The van der Waals surface area contributed by atoms with Gasteiger partial charge in [0.15, 0.2) is 17.4 Å². The Balaban J connectivity index is 2.83.